The Balaban J connectivity index is 1.73. The molecule has 1 amide bonds. The monoisotopic (exact) mass is 237 g/mol. The van der Waals surface area contributed by atoms with Crippen molar-refractivity contribution < 1.29 is 4.79 Å². The molecular weight excluding hydrogens is 218 g/mol. The number of aromatic nitrogens is 3. The summed E-state index contributed by atoms with van der Waals surface area (Å²) in [4.78, 5) is 15.8. The maximum Gasteiger partial charge on any atom is 0.291 e. The van der Waals surface area contributed by atoms with E-state index in [9.17, 15) is 4.79 Å². The lowest BCUT2D eigenvalue weighted by atomic mass is 10.2. The van der Waals surface area contributed by atoms with E-state index in [1.54, 1.807) is 0 Å². The van der Waals surface area contributed by atoms with Gasteiger partial charge in [0.15, 0.2) is 0 Å². The Morgan fingerprint density at radius 1 is 1.47 bits per heavy atom. The molecule has 94 valence electrons. The predicted molar refractivity (Wildman–Crippen MR) is 63.8 cm³/mol. The molecule has 0 saturated heterocycles. The minimum Gasteiger partial charge on any atom is -0.348 e. The molecule has 6 heteroatoms. The van der Waals surface area contributed by atoms with Crippen LogP contribution in [0.25, 0.3) is 0 Å². The molecule has 2 rings (SSSR count). The zero-order valence-electron chi connectivity index (χ0n) is 10.3. The summed E-state index contributed by atoms with van der Waals surface area (Å²) in [6.45, 7) is 5.42. The average Bonchev–Trinajstić information content (AvgIpc) is 2.97. The number of aromatic amines is 1. The average molecular weight is 237 g/mol. The first kappa shape index (κ1) is 12.0. The smallest absolute Gasteiger partial charge is 0.291 e. The standard InChI is InChI=1S/C11H19N5O/c1-7(2)9-14-10(16-15-9)11(17)13-6-5-12-8-3-4-8/h7-8,12H,3-6H2,1-2H3,(H,13,17)(H,14,15,16). The van der Waals surface area contributed by atoms with Gasteiger partial charge in [0.25, 0.3) is 5.91 Å². The number of rotatable bonds is 6. The highest BCUT2D eigenvalue weighted by Crippen LogP contribution is 2.17. The highest BCUT2D eigenvalue weighted by molar-refractivity contribution is 5.90. The molecule has 0 aliphatic heterocycles. The Morgan fingerprint density at radius 2 is 2.24 bits per heavy atom. The third-order valence-electron chi connectivity index (χ3n) is 2.67. The van der Waals surface area contributed by atoms with E-state index >= 15 is 0 Å². The van der Waals surface area contributed by atoms with Crippen LogP contribution in [0.2, 0.25) is 0 Å². The van der Waals surface area contributed by atoms with Crippen LogP contribution in [-0.2, 0) is 0 Å². The molecule has 0 spiro atoms. The molecule has 3 N–H and O–H groups in total. The van der Waals surface area contributed by atoms with E-state index in [2.05, 4.69) is 25.8 Å². The number of carbonyl (C=O) groups is 1. The maximum atomic E-state index is 11.7. The van der Waals surface area contributed by atoms with Crippen LogP contribution in [0, 0.1) is 0 Å². The second-order valence-corrected chi connectivity index (χ2v) is 4.68. The van der Waals surface area contributed by atoms with Crippen molar-refractivity contribution in [2.45, 2.75) is 38.6 Å². The van der Waals surface area contributed by atoms with Gasteiger partial charge in [-0.3, -0.25) is 9.89 Å². The Morgan fingerprint density at radius 3 is 2.82 bits per heavy atom. The lowest BCUT2D eigenvalue weighted by Gasteiger charge is -2.03. The summed E-state index contributed by atoms with van der Waals surface area (Å²) in [5, 5.41) is 12.8. The predicted octanol–water partition coefficient (Wildman–Crippen LogP) is 0.410. The molecule has 0 aromatic carbocycles. The maximum absolute atomic E-state index is 11.7. The third-order valence-corrected chi connectivity index (χ3v) is 2.67. The molecule has 1 saturated carbocycles. The molecule has 0 unspecified atom stereocenters. The van der Waals surface area contributed by atoms with Gasteiger partial charge >= 0.3 is 0 Å². The zero-order valence-corrected chi connectivity index (χ0v) is 10.3. The van der Waals surface area contributed by atoms with Crippen LogP contribution in [0.1, 0.15) is 49.1 Å². The minimum atomic E-state index is -0.217. The lowest BCUT2D eigenvalue weighted by Crippen LogP contribution is -2.33. The van der Waals surface area contributed by atoms with E-state index in [4.69, 9.17) is 0 Å². The number of amides is 1. The van der Waals surface area contributed by atoms with Crippen LogP contribution < -0.4 is 10.6 Å². The summed E-state index contributed by atoms with van der Waals surface area (Å²) in [6, 6.07) is 0.669. The van der Waals surface area contributed by atoms with Crippen molar-refractivity contribution in [3.63, 3.8) is 0 Å². The summed E-state index contributed by atoms with van der Waals surface area (Å²) in [5.41, 5.74) is 0. The Bertz CT molecular complexity index is 383. The first-order valence-electron chi connectivity index (χ1n) is 6.10. The van der Waals surface area contributed by atoms with Crippen molar-refractivity contribution >= 4 is 5.91 Å². The van der Waals surface area contributed by atoms with Crippen LogP contribution in [0.5, 0.6) is 0 Å². The highest BCUT2D eigenvalue weighted by Gasteiger charge is 2.20. The summed E-state index contributed by atoms with van der Waals surface area (Å²) >= 11 is 0. The first-order valence-corrected chi connectivity index (χ1v) is 6.10. The van der Waals surface area contributed by atoms with Gasteiger partial charge < -0.3 is 10.6 Å². The molecule has 1 aromatic heterocycles. The van der Waals surface area contributed by atoms with Gasteiger partial charge in [-0.05, 0) is 12.8 Å². The van der Waals surface area contributed by atoms with E-state index in [1.807, 2.05) is 13.8 Å². The second-order valence-electron chi connectivity index (χ2n) is 4.68. The number of carbonyl (C=O) groups excluding carboxylic acids is 1. The van der Waals surface area contributed by atoms with Gasteiger partial charge in [0, 0.05) is 25.0 Å². The third kappa shape index (κ3) is 3.52. The molecule has 1 heterocycles. The van der Waals surface area contributed by atoms with E-state index < -0.39 is 0 Å². The fourth-order valence-electron chi connectivity index (χ4n) is 1.45. The van der Waals surface area contributed by atoms with Crippen molar-refractivity contribution in [2.24, 2.45) is 0 Å². The highest BCUT2D eigenvalue weighted by atomic mass is 16.2. The molecule has 0 bridgehead atoms. The van der Waals surface area contributed by atoms with Crippen molar-refractivity contribution in [2.75, 3.05) is 13.1 Å². The number of nitrogens with zero attached hydrogens (tertiary/aromatic N) is 2. The minimum absolute atomic E-state index is 0.217. The van der Waals surface area contributed by atoms with E-state index in [1.165, 1.54) is 12.8 Å². The van der Waals surface area contributed by atoms with Crippen LogP contribution >= 0.6 is 0 Å². The second kappa shape index (κ2) is 5.27. The number of hydrogen-bond acceptors (Lipinski definition) is 4. The molecule has 1 aromatic rings. The molecule has 6 nitrogen and oxygen atoms in total. The van der Waals surface area contributed by atoms with Gasteiger partial charge in [0.05, 0.1) is 0 Å². The van der Waals surface area contributed by atoms with Gasteiger partial charge in [-0.1, -0.05) is 13.8 Å². The normalized spacial score (nSPS) is 15.2. The van der Waals surface area contributed by atoms with E-state index in [-0.39, 0.29) is 17.6 Å². The quantitative estimate of drug-likeness (QED) is 0.626. The number of hydrogen-bond donors (Lipinski definition) is 3. The van der Waals surface area contributed by atoms with Gasteiger partial charge in [-0.25, -0.2) is 4.98 Å². The summed E-state index contributed by atoms with van der Waals surface area (Å²) < 4.78 is 0. The van der Waals surface area contributed by atoms with Gasteiger partial charge in [0.1, 0.15) is 5.82 Å². The number of nitrogens with one attached hydrogen (secondary N) is 3. The van der Waals surface area contributed by atoms with E-state index in [0.717, 1.165) is 12.4 Å². The summed E-state index contributed by atoms with van der Waals surface area (Å²) in [7, 11) is 0. The number of H-pyrrole nitrogens is 1. The van der Waals surface area contributed by atoms with Crippen LogP contribution in [0.15, 0.2) is 0 Å². The molecular formula is C11H19N5O. The fourth-order valence-corrected chi connectivity index (χ4v) is 1.45. The fraction of sp³-hybridized carbons (Fsp3) is 0.727. The van der Waals surface area contributed by atoms with Gasteiger partial charge in [-0.2, -0.15) is 0 Å². The van der Waals surface area contributed by atoms with Crippen molar-refractivity contribution in [1.29, 1.82) is 0 Å². The SMILES string of the molecule is CC(C)c1nc(C(=O)NCCNC2CC2)n[nH]1. The molecule has 0 atom stereocenters. The first-order chi connectivity index (χ1) is 8.16. The van der Waals surface area contributed by atoms with Crippen molar-refractivity contribution in [1.82, 2.24) is 25.8 Å². The molecule has 0 radical (unpaired) electrons. The van der Waals surface area contributed by atoms with Crippen LogP contribution in [0.3, 0.4) is 0 Å². The summed E-state index contributed by atoms with van der Waals surface area (Å²) in [6.07, 6.45) is 2.51. The summed E-state index contributed by atoms with van der Waals surface area (Å²) in [5.74, 6) is 0.998. The zero-order chi connectivity index (χ0) is 12.3. The Labute approximate surface area is 101 Å². The topological polar surface area (TPSA) is 82.7 Å². The Hall–Kier alpha value is -1.43. The van der Waals surface area contributed by atoms with E-state index in [0.29, 0.717) is 12.6 Å². The van der Waals surface area contributed by atoms with Crippen molar-refractivity contribution in [3.8, 4) is 0 Å². The van der Waals surface area contributed by atoms with Crippen LogP contribution in [0.4, 0.5) is 0 Å². The van der Waals surface area contributed by atoms with Crippen molar-refractivity contribution in [3.05, 3.63) is 11.6 Å². The van der Waals surface area contributed by atoms with Gasteiger partial charge in [-0.15, -0.1) is 5.10 Å². The Kier molecular flexibility index (Phi) is 3.73. The van der Waals surface area contributed by atoms with Crippen LogP contribution in [-0.4, -0.2) is 40.2 Å². The lowest BCUT2D eigenvalue weighted by molar-refractivity contribution is 0.0944. The molecule has 1 aliphatic rings. The largest absolute Gasteiger partial charge is 0.348 e. The molecule has 17 heavy (non-hydrogen) atoms. The van der Waals surface area contributed by atoms with Gasteiger partial charge in [0.2, 0.25) is 5.82 Å². The molecule has 1 aliphatic carbocycles. The molecule has 1 fully saturated rings.